The van der Waals surface area contributed by atoms with E-state index in [1.807, 2.05) is 44.2 Å². The second-order valence-corrected chi connectivity index (χ2v) is 11.4. The molecule has 2 aromatic carbocycles. The van der Waals surface area contributed by atoms with E-state index >= 15 is 0 Å². The normalized spacial score (nSPS) is 22.7. The average molecular weight is 516 g/mol. The minimum atomic E-state index is -0.442. The largest absolute Gasteiger partial charge is 0.496 e. The molecule has 1 aromatic heterocycles. The van der Waals surface area contributed by atoms with Crippen LogP contribution in [-0.4, -0.2) is 53.7 Å². The summed E-state index contributed by atoms with van der Waals surface area (Å²) in [7, 11) is 3.91. The van der Waals surface area contributed by atoms with Crippen molar-refractivity contribution in [2.75, 3.05) is 27.2 Å². The first kappa shape index (κ1) is 26.5. The van der Waals surface area contributed by atoms with Crippen LogP contribution in [0.25, 0.3) is 16.6 Å². The van der Waals surface area contributed by atoms with Gasteiger partial charge in [0.05, 0.1) is 24.1 Å². The van der Waals surface area contributed by atoms with E-state index in [-0.39, 0.29) is 17.8 Å². The average Bonchev–Trinajstić information content (AvgIpc) is 3.35. The summed E-state index contributed by atoms with van der Waals surface area (Å²) in [5, 5.41) is 0. The highest BCUT2D eigenvalue weighted by Crippen LogP contribution is 2.54. The minimum absolute atomic E-state index is 0.0858. The van der Waals surface area contributed by atoms with Crippen LogP contribution in [0.15, 0.2) is 54.6 Å². The quantitative estimate of drug-likeness (QED) is 0.305. The second kappa shape index (κ2) is 11.3. The molecule has 3 aliphatic carbocycles. The summed E-state index contributed by atoms with van der Waals surface area (Å²) in [5.41, 5.74) is 4.21. The summed E-state index contributed by atoms with van der Waals surface area (Å²) in [5.74, 6) is 2.33. The third kappa shape index (κ3) is 5.51. The Morgan fingerprint density at radius 3 is 2.66 bits per heavy atom. The number of aromatic nitrogens is 2. The van der Waals surface area contributed by atoms with Crippen LogP contribution in [0.3, 0.4) is 0 Å². The molecule has 0 radical (unpaired) electrons. The van der Waals surface area contributed by atoms with Crippen molar-refractivity contribution in [3.63, 3.8) is 0 Å². The number of benzene rings is 2. The van der Waals surface area contributed by atoms with E-state index in [1.54, 1.807) is 7.11 Å². The van der Waals surface area contributed by atoms with Crippen molar-refractivity contribution in [1.29, 1.82) is 0 Å². The number of carbonyl (C=O) groups is 1. The number of nitrogens with one attached hydrogen (secondary N) is 1. The molecule has 6 rings (SSSR count). The lowest BCUT2D eigenvalue weighted by Gasteiger charge is -2.50. The molecule has 0 saturated heterocycles. The van der Waals surface area contributed by atoms with Crippen LogP contribution in [0.5, 0.6) is 5.75 Å². The first-order chi connectivity index (χ1) is 18.4. The molecule has 3 aromatic rings. The van der Waals surface area contributed by atoms with E-state index in [2.05, 4.69) is 41.2 Å². The van der Waals surface area contributed by atoms with Gasteiger partial charge in [-0.3, -0.25) is 4.79 Å². The highest BCUT2D eigenvalue weighted by molar-refractivity contribution is 5.76. The van der Waals surface area contributed by atoms with E-state index < -0.39 is 5.60 Å². The number of fused-ring (bicyclic) bond motifs is 3. The van der Waals surface area contributed by atoms with Crippen LogP contribution in [0.2, 0.25) is 0 Å². The Morgan fingerprint density at radius 2 is 1.92 bits per heavy atom. The number of methoxy groups -OCH3 is 1. The summed E-state index contributed by atoms with van der Waals surface area (Å²) < 4.78 is 12.1. The molecule has 1 heterocycles. The van der Waals surface area contributed by atoms with Crippen LogP contribution < -0.4 is 4.74 Å². The Bertz CT molecular complexity index is 1260. The van der Waals surface area contributed by atoms with Gasteiger partial charge in [0.2, 0.25) is 0 Å². The molecule has 0 unspecified atom stereocenters. The lowest BCUT2D eigenvalue weighted by molar-refractivity contribution is -0.176. The molecule has 3 atom stereocenters. The van der Waals surface area contributed by atoms with Gasteiger partial charge in [0, 0.05) is 30.9 Å². The number of nitrogens with zero attached hydrogens (tertiary/aromatic N) is 2. The van der Waals surface area contributed by atoms with E-state index in [0.717, 1.165) is 74.2 Å². The lowest BCUT2D eigenvalue weighted by Crippen LogP contribution is -2.51. The zero-order valence-electron chi connectivity index (χ0n) is 23.2. The minimum Gasteiger partial charge on any atom is -0.496 e. The third-order valence-corrected chi connectivity index (χ3v) is 8.42. The predicted molar refractivity (Wildman–Crippen MR) is 152 cm³/mol. The van der Waals surface area contributed by atoms with Crippen LogP contribution in [0.4, 0.5) is 0 Å². The van der Waals surface area contributed by atoms with E-state index in [0.29, 0.717) is 5.92 Å². The first-order valence-corrected chi connectivity index (χ1v) is 14.1. The van der Waals surface area contributed by atoms with Crippen molar-refractivity contribution < 1.29 is 14.3 Å². The Morgan fingerprint density at radius 1 is 1.13 bits per heavy atom. The zero-order chi connectivity index (χ0) is 26.7. The third-order valence-electron chi connectivity index (χ3n) is 8.42. The van der Waals surface area contributed by atoms with Gasteiger partial charge < -0.3 is 19.4 Å². The number of aromatic amines is 1. The number of imidazole rings is 1. The number of allylic oxidation sites excluding steroid dienone is 1. The van der Waals surface area contributed by atoms with Gasteiger partial charge in [0.15, 0.2) is 0 Å². The SMILES string of the molecule is COc1ccccc1C1=C[C@@H]2CC[C@H]1C[C@@]2(CCN(C)CCCc1nc2ccccc2[nH]1)OC(=O)C(C)C. The van der Waals surface area contributed by atoms with Crippen molar-refractivity contribution in [2.45, 2.75) is 58.0 Å². The fourth-order valence-electron chi connectivity index (χ4n) is 6.27. The molecule has 0 aliphatic heterocycles. The van der Waals surface area contributed by atoms with Gasteiger partial charge in [-0.1, -0.05) is 50.3 Å². The fourth-order valence-corrected chi connectivity index (χ4v) is 6.27. The number of H-pyrrole nitrogens is 1. The van der Waals surface area contributed by atoms with Gasteiger partial charge >= 0.3 is 5.97 Å². The summed E-state index contributed by atoms with van der Waals surface area (Å²) in [6.45, 7) is 5.73. The Hall–Kier alpha value is -3.12. The van der Waals surface area contributed by atoms with E-state index in [9.17, 15) is 4.79 Å². The highest BCUT2D eigenvalue weighted by atomic mass is 16.6. The maximum atomic E-state index is 12.9. The summed E-state index contributed by atoms with van der Waals surface area (Å²) in [6, 6.07) is 16.5. The van der Waals surface area contributed by atoms with Crippen LogP contribution in [0.1, 0.15) is 57.3 Å². The summed E-state index contributed by atoms with van der Waals surface area (Å²) in [4.78, 5) is 23.4. The molecule has 1 N–H and O–H groups in total. The van der Waals surface area contributed by atoms with Gasteiger partial charge in [-0.2, -0.15) is 0 Å². The maximum Gasteiger partial charge on any atom is 0.308 e. The molecular formula is C32H41N3O3. The number of hydrogen-bond donors (Lipinski definition) is 1. The van der Waals surface area contributed by atoms with Crippen LogP contribution in [-0.2, 0) is 16.0 Å². The molecule has 3 aliphatic rings. The molecule has 6 nitrogen and oxygen atoms in total. The second-order valence-electron chi connectivity index (χ2n) is 11.4. The van der Waals surface area contributed by atoms with Crippen LogP contribution in [0, 0.1) is 17.8 Å². The van der Waals surface area contributed by atoms with Gasteiger partial charge in [-0.05, 0) is 69.0 Å². The molecule has 2 bridgehead atoms. The number of esters is 1. The van der Waals surface area contributed by atoms with Gasteiger partial charge in [0.1, 0.15) is 17.2 Å². The summed E-state index contributed by atoms with van der Waals surface area (Å²) in [6.07, 6.45) is 8.26. The molecule has 202 valence electrons. The molecule has 38 heavy (non-hydrogen) atoms. The number of carbonyl (C=O) groups excluding carboxylic acids is 1. The smallest absolute Gasteiger partial charge is 0.308 e. The molecule has 0 amide bonds. The highest BCUT2D eigenvalue weighted by Gasteiger charge is 2.50. The number of hydrogen-bond acceptors (Lipinski definition) is 5. The maximum absolute atomic E-state index is 12.9. The number of para-hydroxylation sites is 3. The Labute approximate surface area is 226 Å². The lowest BCUT2D eigenvalue weighted by atomic mass is 9.60. The predicted octanol–water partition coefficient (Wildman–Crippen LogP) is 6.28. The van der Waals surface area contributed by atoms with Crippen molar-refractivity contribution >= 4 is 22.6 Å². The Balaban J connectivity index is 1.26. The van der Waals surface area contributed by atoms with Gasteiger partial charge in [-0.25, -0.2) is 4.98 Å². The number of ether oxygens (including phenoxy) is 2. The number of aryl methyl sites for hydroxylation is 1. The fraction of sp³-hybridized carbons (Fsp3) is 0.500. The monoisotopic (exact) mass is 515 g/mol. The van der Waals surface area contributed by atoms with Crippen molar-refractivity contribution in [2.24, 2.45) is 17.8 Å². The van der Waals surface area contributed by atoms with Crippen LogP contribution >= 0.6 is 0 Å². The van der Waals surface area contributed by atoms with Crippen molar-refractivity contribution in [3.8, 4) is 5.75 Å². The number of rotatable bonds is 11. The van der Waals surface area contributed by atoms with E-state index in [4.69, 9.17) is 14.5 Å². The molecular weight excluding hydrogens is 474 g/mol. The van der Waals surface area contributed by atoms with Crippen molar-refractivity contribution in [3.05, 3.63) is 66.0 Å². The van der Waals surface area contributed by atoms with E-state index in [1.165, 1.54) is 11.1 Å². The molecule has 1 fully saturated rings. The summed E-state index contributed by atoms with van der Waals surface area (Å²) >= 11 is 0. The first-order valence-electron chi connectivity index (χ1n) is 14.1. The topological polar surface area (TPSA) is 67.4 Å². The van der Waals surface area contributed by atoms with Crippen molar-refractivity contribution in [1.82, 2.24) is 14.9 Å². The van der Waals surface area contributed by atoms with Gasteiger partial charge in [0.25, 0.3) is 0 Å². The molecule has 6 heteroatoms. The molecule has 0 spiro atoms. The zero-order valence-corrected chi connectivity index (χ0v) is 23.2. The standard InChI is InChI=1S/C32H41N3O3/c1-22(2)31(36)38-32(17-19-35(3)18-9-14-30-33-27-11-6-7-12-28(27)34-30)21-23-15-16-24(32)20-26(23)25-10-5-8-13-29(25)37-4/h5-8,10-13,20,22-24H,9,14-19,21H2,1-4H3,(H,33,34)/t23-,24-,32+/m0/s1. The Kier molecular flexibility index (Phi) is 7.89. The molecule has 1 saturated carbocycles. The van der Waals surface area contributed by atoms with Gasteiger partial charge in [-0.15, -0.1) is 0 Å².